The molecule has 0 fully saturated rings. The standard InChI is InChI=1S/C21H19BrN2O2S2/c1-3-26-21(25)18-13(2)24-20(28-12-16-5-4-10-27-16)17(11-23)19(18)14-6-8-15(22)9-7-14/h4-10,19,24H,3,12H2,1-2H3. The number of thiophene rings is 1. The van der Waals surface area contributed by atoms with Crippen LogP contribution < -0.4 is 5.32 Å². The summed E-state index contributed by atoms with van der Waals surface area (Å²) in [6.45, 7) is 3.92. The van der Waals surface area contributed by atoms with E-state index in [9.17, 15) is 10.1 Å². The number of carbonyl (C=O) groups excluding carboxylic acids is 1. The van der Waals surface area contributed by atoms with Crippen LogP contribution in [-0.4, -0.2) is 12.6 Å². The first-order valence-corrected chi connectivity index (χ1v) is 11.4. The van der Waals surface area contributed by atoms with Gasteiger partial charge >= 0.3 is 5.97 Å². The minimum atomic E-state index is -0.454. The molecular formula is C21H19BrN2O2S2. The lowest BCUT2D eigenvalue weighted by Crippen LogP contribution is -2.28. The second kappa shape index (κ2) is 9.46. The molecule has 0 aliphatic carbocycles. The lowest BCUT2D eigenvalue weighted by Gasteiger charge is -2.29. The van der Waals surface area contributed by atoms with E-state index < -0.39 is 11.9 Å². The third-order valence-corrected chi connectivity index (χ3v) is 6.94. The Kier molecular flexibility index (Phi) is 7.00. The summed E-state index contributed by atoms with van der Waals surface area (Å²) < 4.78 is 6.23. The van der Waals surface area contributed by atoms with Crippen molar-refractivity contribution >= 4 is 45.0 Å². The number of carbonyl (C=O) groups is 1. The number of rotatable bonds is 6. The van der Waals surface area contributed by atoms with Gasteiger partial charge in [-0.3, -0.25) is 0 Å². The number of ether oxygens (including phenoxy) is 1. The molecule has 2 heterocycles. The molecule has 1 aliphatic heterocycles. The first-order valence-electron chi connectivity index (χ1n) is 8.75. The molecule has 144 valence electrons. The lowest BCUT2D eigenvalue weighted by atomic mass is 9.82. The summed E-state index contributed by atoms with van der Waals surface area (Å²) in [4.78, 5) is 13.9. The summed E-state index contributed by atoms with van der Waals surface area (Å²) in [5.41, 5.74) is 2.63. The Hall–Kier alpha value is -2.01. The van der Waals surface area contributed by atoms with Gasteiger partial charge in [-0.1, -0.05) is 34.1 Å². The van der Waals surface area contributed by atoms with E-state index in [1.165, 1.54) is 4.88 Å². The number of hydrogen-bond acceptors (Lipinski definition) is 6. The van der Waals surface area contributed by atoms with Crippen molar-refractivity contribution in [2.75, 3.05) is 6.61 Å². The zero-order valence-electron chi connectivity index (χ0n) is 15.5. The number of hydrogen-bond donors (Lipinski definition) is 1. The van der Waals surface area contributed by atoms with E-state index in [1.54, 1.807) is 30.0 Å². The third-order valence-electron chi connectivity index (χ3n) is 4.29. The molecule has 3 rings (SSSR count). The van der Waals surface area contributed by atoms with E-state index in [0.29, 0.717) is 11.1 Å². The molecule has 0 radical (unpaired) electrons. The van der Waals surface area contributed by atoms with Gasteiger partial charge in [-0.05, 0) is 43.0 Å². The fourth-order valence-corrected chi connectivity index (χ4v) is 5.16. The molecule has 0 bridgehead atoms. The third kappa shape index (κ3) is 4.52. The molecule has 1 aromatic carbocycles. The molecule has 0 spiro atoms. The summed E-state index contributed by atoms with van der Waals surface area (Å²) in [6, 6.07) is 14.1. The normalized spacial score (nSPS) is 16.6. The van der Waals surface area contributed by atoms with Gasteiger partial charge in [0.05, 0.1) is 34.8 Å². The highest BCUT2D eigenvalue weighted by atomic mass is 79.9. The molecule has 1 aliphatic rings. The first-order chi connectivity index (χ1) is 13.5. The number of esters is 1. The van der Waals surface area contributed by atoms with Crippen LogP contribution in [-0.2, 0) is 15.3 Å². The molecule has 0 saturated heterocycles. The fourth-order valence-electron chi connectivity index (χ4n) is 3.03. The van der Waals surface area contributed by atoms with Gasteiger partial charge in [0.1, 0.15) is 0 Å². The summed E-state index contributed by atoms with van der Waals surface area (Å²) in [5, 5.41) is 16.1. The van der Waals surface area contributed by atoms with E-state index in [1.807, 2.05) is 42.6 Å². The number of nitriles is 1. The van der Waals surface area contributed by atoms with Crippen molar-refractivity contribution in [2.24, 2.45) is 0 Å². The van der Waals surface area contributed by atoms with Gasteiger partial charge < -0.3 is 10.1 Å². The molecule has 7 heteroatoms. The van der Waals surface area contributed by atoms with Crippen LogP contribution in [0.4, 0.5) is 0 Å². The molecular weight excluding hydrogens is 456 g/mol. The maximum atomic E-state index is 12.7. The summed E-state index contributed by atoms with van der Waals surface area (Å²) >= 11 is 6.71. The zero-order valence-corrected chi connectivity index (χ0v) is 18.7. The van der Waals surface area contributed by atoms with Gasteiger partial charge in [-0.25, -0.2) is 4.79 Å². The van der Waals surface area contributed by atoms with Crippen molar-refractivity contribution in [2.45, 2.75) is 25.5 Å². The van der Waals surface area contributed by atoms with Crippen LogP contribution in [0.5, 0.6) is 0 Å². The van der Waals surface area contributed by atoms with Crippen LogP contribution in [0.2, 0.25) is 0 Å². The molecule has 1 N–H and O–H groups in total. The minimum absolute atomic E-state index is 0.286. The van der Waals surface area contributed by atoms with Crippen LogP contribution in [0.1, 0.15) is 30.2 Å². The average Bonchev–Trinajstić information content (AvgIpc) is 3.20. The van der Waals surface area contributed by atoms with Crippen LogP contribution in [0, 0.1) is 11.3 Å². The highest BCUT2D eigenvalue weighted by molar-refractivity contribution is 9.10. The molecule has 0 amide bonds. The maximum Gasteiger partial charge on any atom is 0.336 e. The number of dihydropyridines is 1. The van der Waals surface area contributed by atoms with Gasteiger partial charge in [0.15, 0.2) is 0 Å². The van der Waals surface area contributed by atoms with Gasteiger partial charge in [0, 0.05) is 20.8 Å². The second-order valence-electron chi connectivity index (χ2n) is 6.09. The van der Waals surface area contributed by atoms with Crippen molar-refractivity contribution in [1.29, 1.82) is 5.26 Å². The van der Waals surface area contributed by atoms with Gasteiger partial charge in [0.2, 0.25) is 0 Å². The number of thioether (sulfide) groups is 1. The highest BCUT2D eigenvalue weighted by Gasteiger charge is 2.35. The Bertz CT molecular complexity index is 957. The van der Waals surface area contributed by atoms with E-state index in [4.69, 9.17) is 4.74 Å². The van der Waals surface area contributed by atoms with Gasteiger partial charge in [-0.15, -0.1) is 23.1 Å². The highest BCUT2D eigenvalue weighted by Crippen LogP contribution is 2.42. The second-order valence-corrected chi connectivity index (χ2v) is 9.02. The molecule has 1 aromatic heterocycles. The Morgan fingerprint density at radius 3 is 2.71 bits per heavy atom. The fraction of sp³-hybridized carbons (Fsp3) is 0.238. The Balaban J connectivity index is 2.03. The van der Waals surface area contributed by atoms with E-state index in [2.05, 4.69) is 33.4 Å². The summed E-state index contributed by atoms with van der Waals surface area (Å²) in [5.74, 6) is -0.0833. The predicted octanol–water partition coefficient (Wildman–Crippen LogP) is 5.70. The molecule has 1 atom stereocenters. The molecule has 1 unspecified atom stereocenters. The molecule has 28 heavy (non-hydrogen) atoms. The number of nitrogens with zero attached hydrogens (tertiary/aromatic N) is 1. The van der Waals surface area contributed by atoms with Crippen molar-refractivity contribution in [3.63, 3.8) is 0 Å². The largest absolute Gasteiger partial charge is 0.463 e. The molecule has 4 nitrogen and oxygen atoms in total. The van der Waals surface area contributed by atoms with Gasteiger partial charge in [0.25, 0.3) is 0 Å². The van der Waals surface area contributed by atoms with Crippen LogP contribution in [0.25, 0.3) is 0 Å². The molecule has 0 saturated carbocycles. The van der Waals surface area contributed by atoms with E-state index in [0.717, 1.165) is 26.5 Å². The van der Waals surface area contributed by atoms with E-state index in [-0.39, 0.29) is 6.61 Å². The Morgan fingerprint density at radius 1 is 1.36 bits per heavy atom. The zero-order chi connectivity index (χ0) is 20.1. The van der Waals surface area contributed by atoms with Crippen LogP contribution >= 0.6 is 39.0 Å². The summed E-state index contributed by atoms with van der Waals surface area (Å²) in [6.07, 6.45) is 0. The number of nitrogens with one attached hydrogen (secondary N) is 1. The van der Waals surface area contributed by atoms with Crippen molar-refractivity contribution in [3.05, 3.63) is 78.6 Å². The quantitative estimate of drug-likeness (QED) is 0.543. The first kappa shape index (κ1) is 20.7. The summed E-state index contributed by atoms with van der Waals surface area (Å²) in [7, 11) is 0. The van der Waals surface area contributed by atoms with E-state index >= 15 is 0 Å². The van der Waals surface area contributed by atoms with Crippen molar-refractivity contribution in [1.82, 2.24) is 5.32 Å². The van der Waals surface area contributed by atoms with Crippen LogP contribution in [0.15, 0.2) is 68.1 Å². The van der Waals surface area contributed by atoms with Crippen molar-refractivity contribution < 1.29 is 9.53 Å². The number of allylic oxidation sites excluding steroid dienone is 2. The monoisotopic (exact) mass is 474 g/mol. The molecule has 2 aromatic rings. The Morgan fingerprint density at radius 2 is 2.11 bits per heavy atom. The number of halogens is 1. The smallest absolute Gasteiger partial charge is 0.336 e. The maximum absolute atomic E-state index is 12.7. The topological polar surface area (TPSA) is 62.1 Å². The lowest BCUT2D eigenvalue weighted by molar-refractivity contribution is -0.138. The van der Waals surface area contributed by atoms with Crippen LogP contribution in [0.3, 0.4) is 0 Å². The van der Waals surface area contributed by atoms with Crippen molar-refractivity contribution in [3.8, 4) is 6.07 Å². The number of benzene rings is 1. The Labute approximate surface area is 181 Å². The van der Waals surface area contributed by atoms with Gasteiger partial charge in [-0.2, -0.15) is 5.26 Å². The SMILES string of the molecule is CCOC(=O)C1=C(C)NC(SCc2cccs2)=C(C#N)C1c1ccc(Br)cc1. The minimum Gasteiger partial charge on any atom is -0.463 e. The average molecular weight is 475 g/mol. The predicted molar refractivity (Wildman–Crippen MR) is 118 cm³/mol.